The minimum atomic E-state index is -0.498. The summed E-state index contributed by atoms with van der Waals surface area (Å²) in [5, 5.41) is 0.902. The molecule has 4 nitrogen and oxygen atoms in total. The molecule has 0 spiro atoms. The van der Waals surface area contributed by atoms with E-state index in [2.05, 4.69) is 4.98 Å². The molecule has 0 aliphatic heterocycles. The fraction of sp³-hybridized carbons (Fsp3) is 0.263. The summed E-state index contributed by atoms with van der Waals surface area (Å²) in [6.07, 6.45) is 1.92. The van der Waals surface area contributed by atoms with Gasteiger partial charge < -0.3 is 9.30 Å². The number of nitrogens with zero attached hydrogens (tertiary/aromatic N) is 2. The van der Waals surface area contributed by atoms with E-state index in [1.165, 1.54) is 19.2 Å². The molecule has 0 atom stereocenters. The lowest BCUT2D eigenvalue weighted by molar-refractivity contribution is 0.0594. The Balaban J connectivity index is 2.30. The summed E-state index contributed by atoms with van der Waals surface area (Å²) in [5.74, 6) is -0.974. The molecule has 0 radical (unpaired) electrons. The molecule has 0 aliphatic rings. The smallest absolute Gasteiger partial charge is 0.356 e. The summed E-state index contributed by atoms with van der Waals surface area (Å²) < 4.78 is 20.6. The second-order valence-corrected chi connectivity index (χ2v) is 7.18. The maximum absolute atomic E-state index is 13.9. The van der Waals surface area contributed by atoms with Crippen LogP contribution in [0.2, 0.25) is 5.02 Å². The predicted molar refractivity (Wildman–Crippen MR) is 96.5 cm³/mol. The number of ether oxygens (including phenoxy) is 1. The van der Waals surface area contributed by atoms with E-state index in [4.69, 9.17) is 16.3 Å². The van der Waals surface area contributed by atoms with Gasteiger partial charge in [-0.1, -0.05) is 17.7 Å². The molecule has 25 heavy (non-hydrogen) atoms. The van der Waals surface area contributed by atoms with E-state index >= 15 is 0 Å². The van der Waals surface area contributed by atoms with Gasteiger partial charge in [0.1, 0.15) is 11.5 Å². The number of methoxy groups -OCH3 is 1. The average Bonchev–Trinajstić information content (AvgIpc) is 2.95. The number of carbonyl (C=O) groups is 1. The lowest BCUT2D eigenvalue weighted by Crippen LogP contribution is -2.21. The van der Waals surface area contributed by atoms with Crippen molar-refractivity contribution in [3.63, 3.8) is 0 Å². The zero-order valence-corrected chi connectivity index (χ0v) is 15.2. The largest absolute Gasteiger partial charge is 0.464 e. The highest BCUT2D eigenvalue weighted by Crippen LogP contribution is 2.34. The normalized spacial score (nSPS) is 11.8. The van der Waals surface area contributed by atoms with E-state index in [1.54, 1.807) is 18.2 Å². The van der Waals surface area contributed by atoms with Crippen molar-refractivity contribution < 1.29 is 13.9 Å². The van der Waals surface area contributed by atoms with Crippen LogP contribution in [0.4, 0.5) is 4.39 Å². The van der Waals surface area contributed by atoms with E-state index in [0.29, 0.717) is 11.2 Å². The first-order valence-corrected chi connectivity index (χ1v) is 8.16. The number of hydrogen-bond donors (Lipinski definition) is 0. The van der Waals surface area contributed by atoms with Gasteiger partial charge in [0.05, 0.1) is 12.1 Å². The standard InChI is InChI=1S/C19H18ClFN2O2/c1-19(2,3)23-10-13(11-5-7-14(20)15(21)9-11)12-6-8-16(18(24)25-4)22-17(12)23/h5-10H,1-4H3. The average molecular weight is 361 g/mol. The Morgan fingerprint density at radius 3 is 2.56 bits per heavy atom. The van der Waals surface area contributed by atoms with Gasteiger partial charge in [-0.3, -0.25) is 0 Å². The zero-order valence-electron chi connectivity index (χ0n) is 14.4. The van der Waals surface area contributed by atoms with Crippen molar-refractivity contribution in [2.24, 2.45) is 0 Å². The molecule has 0 bridgehead atoms. The van der Waals surface area contributed by atoms with Crippen LogP contribution < -0.4 is 0 Å². The van der Waals surface area contributed by atoms with Crippen LogP contribution in [0.1, 0.15) is 31.3 Å². The third-order valence-electron chi connectivity index (χ3n) is 4.00. The fourth-order valence-corrected chi connectivity index (χ4v) is 2.84. The number of halogens is 2. The van der Waals surface area contributed by atoms with Crippen LogP contribution in [0.5, 0.6) is 0 Å². The van der Waals surface area contributed by atoms with Crippen LogP contribution in [0.15, 0.2) is 36.5 Å². The van der Waals surface area contributed by atoms with Crippen LogP contribution in [0.3, 0.4) is 0 Å². The number of pyridine rings is 1. The van der Waals surface area contributed by atoms with E-state index in [0.717, 1.165) is 10.9 Å². The van der Waals surface area contributed by atoms with Crippen LogP contribution in [0.25, 0.3) is 22.2 Å². The van der Waals surface area contributed by atoms with Gasteiger partial charge in [-0.2, -0.15) is 0 Å². The van der Waals surface area contributed by atoms with Crippen molar-refractivity contribution >= 4 is 28.6 Å². The van der Waals surface area contributed by atoms with Gasteiger partial charge in [0.2, 0.25) is 0 Å². The number of esters is 1. The third kappa shape index (κ3) is 3.12. The van der Waals surface area contributed by atoms with Gasteiger partial charge in [-0.05, 0) is 50.6 Å². The number of benzene rings is 1. The molecular weight excluding hydrogens is 343 g/mol. The first-order valence-electron chi connectivity index (χ1n) is 7.78. The Hall–Kier alpha value is -2.40. The Labute approximate surface area is 150 Å². The molecule has 0 N–H and O–H groups in total. The number of aromatic nitrogens is 2. The monoisotopic (exact) mass is 360 g/mol. The maximum atomic E-state index is 13.9. The van der Waals surface area contributed by atoms with E-state index in [1.807, 2.05) is 31.5 Å². The van der Waals surface area contributed by atoms with Gasteiger partial charge in [0, 0.05) is 22.7 Å². The van der Waals surface area contributed by atoms with Gasteiger partial charge >= 0.3 is 5.97 Å². The van der Waals surface area contributed by atoms with Crippen LogP contribution >= 0.6 is 11.6 Å². The lowest BCUT2D eigenvalue weighted by atomic mass is 10.1. The number of rotatable bonds is 2. The molecule has 0 aliphatic carbocycles. The van der Waals surface area contributed by atoms with Crippen LogP contribution in [-0.2, 0) is 10.3 Å². The molecule has 6 heteroatoms. The van der Waals surface area contributed by atoms with E-state index in [9.17, 15) is 9.18 Å². The second-order valence-electron chi connectivity index (χ2n) is 6.77. The van der Waals surface area contributed by atoms with Crippen molar-refractivity contribution in [2.45, 2.75) is 26.3 Å². The summed E-state index contributed by atoms with van der Waals surface area (Å²) >= 11 is 5.79. The van der Waals surface area contributed by atoms with Gasteiger partial charge in [-0.15, -0.1) is 0 Å². The van der Waals surface area contributed by atoms with Crippen molar-refractivity contribution in [2.75, 3.05) is 7.11 Å². The molecule has 130 valence electrons. The SMILES string of the molecule is COC(=O)c1ccc2c(-c3ccc(Cl)c(F)c3)cn(C(C)(C)C)c2n1. The summed E-state index contributed by atoms with van der Waals surface area (Å²) in [5.41, 5.74) is 2.11. The van der Waals surface area contributed by atoms with Crippen molar-refractivity contribution in [3.05, 3.63) is 53.1 Å². The van der Waals surface area contributed by atoms with E-state index < -0.39 is 11.8 Å². The second kappa shape index (κ2) is 6.15. The third-order valence-corrected chi connectivity index (χ3v) is 4.31. The summed E-state index contributed by atoms with van der Waals surface area (Å²) in [7, 11) is 1.32. The Morgan fingerprint density at radius 2 is 1.96 bits per heavy atom. The Kier molecular flexibility index (Phi) is 4.29. The Bertz CT molecular complexity index is 973. The van der Waals surface area contributed by atoms with Gasteiger partial charge in [0.15, 0.2) is 5.69 Å². The summed E-state index contributed by atoms with van der Waals surface area (Å²) in [6.45, 7) is 6.10. The molecule has 1 aromatic carbocycles. The molecule has 2 aromatic heterocycles. The number of carbonyl (C=O) groups excluding carboxylic acids is 1. The maximum Gasteiger partial charge on any atom is 0.356 e. The number of fused-ring (bicyclic) bond motifs is 1. The summed E-state index contributed by atoms with van der Waals surface area (Å²) in [4.78, 5) is 16.3. The zero-order chi connectivity index (χ0) is 18.4. The molecular formula is C19H18ClFN2O2. The van der Waals surface area contributed by atoms with Gasteiger partial charge in [-0.25, -0.2) is 14.2 Å². The highest BCUT2D eigenvalue weighted by molar-refractivity contribution is 6.30. The topological polar surface area (TPSA) is 44.1 Å². The molecule has 0 fully saturated rings. The lowest BCUT2D eigenvalue weighted by Gasteiger charge is -2.22. The molecule has 3 rings (SSSR count). The van der Waals surface area contributed by atoms with Crippen molar-refractivity contribution in [3.8, 4) is 11.1 Å². The molecule has 2 heterocycles. The fourth-order valence-electron chi connectivity index (χ4n) is 2.73. The molecule has 3 aromatic rings. The molecule has 0 saturated heterocycles. The highest BCUT2D eigenvalue weighted by atomic mass is 35.5. The quantitative estimate of drug-likeness (QED) is 0.601. The summed E-state index contributed by atoms with van der Waals surface area (Å²) in [6, 6.07) is 8.11. The molecule has 0 saturated carbocycles. The highest BCUT2D eigenvalue weighted by Gasteiger charge is 2.22. The van der Waals surface area contributed by atoms with Crippen molar-refractivity contribution in [1.29, 1.82) is 0 Å². The Morgan fingerprint density at radius 1 is 1.24 bits per heavy atom. The molecule has 0 unspecified atom stereocenters. The van der Waals surface area contributed by atoms with Gasteiger partial charge in [0.25, 0.3) is 0 Å². The minimum absolute atomic E-state index is 0.0782. The van der Waals surface area contributed by atoms with Crippen LogP contribution in [-0.4, -0.2) is 22.6 Å². The first-order chi connectivity index (χ1) is 11.7. The molecule has 0 amide bonds. The predicted octanol–water partition coefficient (Wildman–Crippen LogP) is 5.04. The number of hydrogen-bond acceptors (Lipinski definition) is 3. The first kappa shape index (κ1) is 17.4. The van der Waals surface area contributed by atoms with Crippen LogP contribution in [0, 0.1) is 5.82 Å². The van der Waals surface area contributed by atoms with E-state index in [-0.39, 0.29) is 16.3 Å². The van der Waals surface area contributed by atoms with Crippen molar-refractivity contribution in [1.82, 2.24) is 9.55 Å². The minimum Gasteiger partial charge on any atom is -0.464 e.